The van der Waals surface area contributed by atoms with Crippen LogP contribution in [0.3, 0.4) is 0 Å². The number of nitrogens with zero attached hydrogens (tertiary/aromatic N) is 1. The van der Waals surface area contributed by atoms with Gasteiger partial charge in [0.05, 0.1) is 16.8 Å². The van der Waals surface area contributed by atoms with Crippen LogP contribution in [-0.4, -0.2) is 16.1 Å². The van der Waals surface area contributed by atoms with Crippen LogP contribution in [0.2, 0.25) is 0 Å². The maximum atomic E-state index is 11.7. The van der Waals surface area contributed by atoms with Gasteiger partial charge in [0, 0.05) is 10.9 Å². The van der Waals surface area contributed by atoms with Crippen molar-refractivity contribution in [2.75, 3.05) is 0 Å². The van der Waals surface area contributed by atoms with E-state index in [9.17, 15) is 9.90 Å². The summed E-state index contributed by atoms with van der Waals surface area (Å²) in [6.07, 6.45) is 2.15. The minimum atomic E-state index is -0.920. The van der Waals surface area contributed by atoms with Gasteiger partial charge in [-0.15, -0.1) is 0 Å². The van der Waals surface area contributed by atoms with E-state index in [1.54, 1.807) is 6.07 Å². The lowest BCUT2D eigenvalue weighted by molar-refractivity contribution is 0.0699. The molecule has 0 radical (unpaired) electrons. The van der Waals surface area contributed by atoms with E-state index in [4.69, 9.17) is 4.98 Å². The molecule has 0 aliphatic rings. The summed E-state index contributed by atoms with van der Waals surface area (Å²) in [5.74, 6) is -0.920. The Morgan fingerprint density at radius 1 is 1.08 bits per heavy atom. The van der Waals surface area contributed by atoms with Crippen molar-refractivity contribution >= 4 is 16.9 Å². The number of aryl methyl sites for hydroxylation is 3. The average Bonchev–Trinajstić information content (AvgIpc) is 2.55. The van der Waals surface area contributed by atoms with E-state index in [1.165, 1.54) is 5.56 Å². The molecule has 3 nitrogen and oxygen atoms in total. The maximum Gasteiger partial charge on any atom is 0.336 e. The van der Waals surface area contributed by atoms with Gasteiger partial charge >= 0.3 is 5.97 Å². The fraction of sp³-hybridized carbons (Fsp3) is 0.238. The molecular formula is C21H21NO2. The lowest BCUT2D eigenvalue weighted by Crippen LogP contribution is -2.01. The minimum absolute atomic E-state index is 0.305. The summed E-state index contributed by atoms with van der Waals surface area (Å²) >= 11 is 0. The number of carboxylic acid groups (broad SMARTS) is 1. The third-order valence-corrected chi connectivity index (χ3v) is 4.27. The van der Waals surface area contributed by atoms with Gasteiger partial charge in [0.2, 0.25) is 0 Å². The summed E-state index contributed by atoms with van der Waals surface area (Å²) in [7, 11) is 0. The van der Waals surface area contributed by atoms with Crippen molar-refractivity contribution in [3.8, 4) is 11.3 Å². The quantitative estimate of drug-likeness (QED) is 0.722. The molecule has 24 heavy (non-hydrogen) atoms. The number of benzene rings is 2. The first kappa shape index (κ1) is 16.2. The highest BCUT2D eigenvalue weighted by atomic mass is 16.4. The second kappa shape index (κ2) is 6.44. The Morgan fingerprint density at radius 3 is 2.42 bits per heavy atom. The van der Waals surface area contributed by atoms with Gasteiger partial charge in [-0.05, 0) is 43.5 Å². The smallest absolute Gasteiger partial charge is 0.336 e. The van der Waals surface area contributed by atoms with Crippen molar-refractivity contribution in [3.05, 3.63) is 64.7 Å². The van der Waals surface area contributed by atoms with Crippen LogP contribution in [0.1, 0.15) is 40.4 Å². The zero-order valence-corrected chi connectivity index (χ0v) is 14.3. The van der Waals surface area contributed by atoms with Crippen LogP contribution in [0, 0.1) is 13.8 Å². The zero-order valence-electron chi connectivity index (χ0n) is 14.3. The molecule has 3 heteroatoms. The van der Waals surface area contributed by atoms with E-state index in [2.05, 4.69) is 19.1 Å². The van der Waals surface area contributed by atoms with E-state index < -0.39 is 5.97 Å². The standard InChI is InChI=1S/C21H21NO2/c1-4-5-15-6-8-16(9-7-15)19-12-18(21(23)24)17-11-13(2)10-14(3)20(17)22-19/h6-12H,4-5H2,1-3H3,(H,23,24). The normalized spacial score (nSPS) is 11.0. The first-order valence-electron chi connectivity index (χ1n) is 8.24. The van der Waals surface area contributed by atoms with Crippen molar-refractivity contribution in [2.45, 2.75) is 33.6 Å². The number of carboxylic acids is 1. The van der Waals surface area contributed by atoms with Crippen LogP contribution in [0.5, 0.6) is 0 Å². The zero-order chi connectivity index (χ0) is 17.3. The number of hydrogen-bond acceptors (Lipinski definition) is 2. The molecule has 0 saturated heterocycles. The number of rotatable bonds is 4. The number of fused-ring (bicyclic) bond motifs is 1. The fourth-order valence-electron chi connectivity index (χ4n) is 3.14. The number of hydrogen-bond donors (Lipinski definition) is 1. The number of pyridine rings is 1. The summed E-state index contributed by atoms with van der Waals surface area (Å²) < 4.78 is 0. The predicted molar refractivity (Wildman–Crippen MR) is 97.6 cm³/mol. The molecule has 0 aliphatic carbocycles. The number of aromatic carboxylic acids is 1. The number of carbonyl (C=O) groups is 1. The van der Waals surface area contributed by atoms with Crippen molar-refractivity contribution in [2.24, 2.45) is 0 Å². The summed E-state index contributed by atoms with van der Waals surface area (Å²) in [5, 5.41) is 10.3. The molecule has 3 rings (SSSR count). The van der Waals surface area contributed by atoms with E-state index in [1.807, 2.05) is 38.1 Å². The molecular weight excluding hydrogens is 298 g/mol. The van der Waals surface area contributed by atoms with Crippen LogP contribution in [0.4, 0.5) is 0 Å². The van der Waals surface area contributed by atoms with E-state index in [0.717, 1.165) is 35.0 Å². The van der Waals surface area contributed by atoms with E-state index in [0.29, 0.717) is 16.6 Å². The van der Waals surface area contributed by atoms with Crippen LogP contribution in [0.15, 0.2) is 42.5 Å². The molecule has 0 bridgehead atoms. The van der Waals surface area contributed by atoms with Crippen LogP contribution >= 0.6 is 0 Å². The summed E-state index contributed by atoms with van der Waals surface area (Å²) in [5.41, 5.74) is 6.03. The largest absolute Gasteiger partial charge is 0.478 e. The van der Waals surface area contributed by atoms with Crippen LogP contribution in [0.25, 0.3) is 22.2 Å². The molecule has 1 N–H and O–H groups in total. The Labute approximate surface area is 142 Å². The molecule has 0 spiro atoms. The Hall–Kier alpha value is -2.68. The molecule has 0 atom stereocenters. The summed E-state index contributed by atoms with van der Waals surface area (Å²) in [6.45, 7) is 6.10. The summed E-state index contributed by atoms with van der Waals surface area (Å²) in [6, 6.07) is 13.8. The third-order valence-electron chi connectivity index (χ3n) is 4.27. The lowest BCUT2D eigenvalue weighted by Gasteiger charge is -2.11. The van der Waals surface area contributed by atoms with Gasteiger partial charge in [-0.2, -0.15) is 0 Å². The van der Waals surface area contributed by atoms with Gasteiger partial charge in [0.25, 0.3) is 0 Å². The monoisotopic (exact) mass is 319 g/mol. The first-order chi connectivity index (χ1) is 11.5. The van der Waals surface area contributed by atoms with Gasteiger partial charge in [0.1, 0.15) is 0 Å². The second-order valence-corrected chi connectivity index (χ2v) is 6.29. The maximum absolute atomic E-state index is 11.7. The first-order valence-corrected chi connectivity index (χ1v) is 8.24. The van der Waals surface area contributed by atoms with Crippen molar-refractivity contribution < 1.29 is 9.90 Å². The van der Waals surface area contributed by atoms with Crippen molar-refractivity contribution in [1.82, 2.24) is 4.98 Å². The second-order valence-electron chi connectivity index (χ2n) is 6.29. The Kier molecular flexibility index (Phi) is 4.34. The molecule has 0 fully saturated rings. The van der Waals surface area contributed by atoms with Gasteiger partial charge in [-0.1, -0.05) is 49.2 Å². The third kappa shape index (κ3) is 3.02. The molecule has 0 unspecified atom stereocenters. The van der Waals surface area contributed by atoms with Crippen molar-refractivity contribution in [3.63, 3.8) is 0 Å². The van der Waals surface area contributed by atoms with E-state index in [-0.39, 0.29) is 0 Å². The molecule has 3 aromatic rings. The highest BCUT2D eigenvalue weighted by Crippen LogP contribution is 2.28. The van der Waals surface area contributed by atoms with Gasteiger partial charge in [0.15, 0.2) is 0 Å². The Balaban J connectivity index is 2.20. The topological polar surface area (TPSA) is 50.2 Å². The molecule has 0 saturated carbocycles. The molecule has 1 aromatic heterocycles. The lowest BCUT2D eigenvalue weighted by atomic mass is 9.99. The molecule has 0 amide bonds. The van der Waals surface area contributed by atoms with Crippen LogP contribution in [-0.2, 0) is 6.42 Å². The molecule has 1 heterocycles. The molecule has 2 aromatic carbocycles. The highest BCUT2D eigenvalue weighted by Gasteiger charge is 2.14. The van der Waals surface area contributed by atoms with Gasteiger partial charge < -0.3 is 5.11 Å². The number of aromatic nitrogens is 1. The SMILES string of the molecule is CCCc1ccc(-c2cc(C(=O)O)c3cc(C)cc(C)c3n2)cc1. The highest BCUT2D eigenvalue weighted by molar-refractivity contribution is 6.04. The van der Waals surface area contributed by atoms with Gasteiger partial charge in [-0.3, -0.25) is 0 Å². The Bertz CT molecular complexity index is 911. The predicted octanol–water partition coefficient (Wildman–Crippen LogP) is 5.17. The fourth-order valence-corrected chi connectivity index (χ4v) is 3.14. The molecule has 0 aliphatic heterocycles. The summed E-state index contributed by atoms with van der Waals surface area (Å²) in [4.78, 5) is 16.5. The average molecular weight is 319 g/mol. The van der Waals surface area contributed by atoms with E-state index >= 15 is 0 Å². The minimum Gasteiger partial charge on any atom is -0.478 e. The Morgan fingerprint density at radius 2 is 1.79 bits per heavy atom. The van der Waals surface area contributed by atoms with Crippen LogP contribution < -0.4 is 0 Å². The van der Waals surface area contributed by atoms with Gasteiger partial charge in [-0.25, -0.2) is 9.78 Å². The van der Waals surface area contributed by atoms with Crippen molar-refractivity contribution in [1.29, 1.82) is 0 Å². The molecule has 122 valence electrons.